The van der Waals surface area contributed by atoms with Crippen molar-refractivity contribution < 1.29 is 19.0 Å². The molecule has 2 aromatic rings. The van der Waals surface area contributed by atoms with Crippen LogP contribution in [0.25, 0.3) is 11.1 Å². The first-order valence-electron chi connectivity index (χ1n) is 7.83. The molecule has 6 heteroatoms. The molecule has 1 fully saturated rings. The molecule has 0 unspecified atom stereocenters. The van der Waals surface area contributed by atoms with Crippen molar-refractivity contribution in [1.82, 2.24) is 10.6 Å². The van der Waals surface area contributed by atoms with Crippen molar-refractivity contribution in [2.45, 2.75) is 6.10 Å². The lowest BCUT2D eigenvalue weighted by atomic mass is 10.0. The van der Waals surface area contributed by atoms with Gasteiger partial charge in [-0.25, -0.2) is 4.39 Å². The summed E-state index contributed by atoms with van der Waals surface area (Å²) in [4.78, 5) is 12.3. The first kappa shape index (κ1) is 16.4. The standard InChI is InChI=1S/C18H19FN2O3/c19-14-4-5-17(22)16(9-14)12-2-1-3-13(8-12)18(23)21-11-15-10-20-6-7-24-15/h1-5,8-9,15,20,22H,6-7,10-11H2,(H,21,23)/t15-/m1/s1. The molecular weight excluding hydrogens is 311 g/mol. The summed E-state index contributed by atoms with van der Waals surface area (Å²) in [7, 11) is 0. The molecule has 3 rings (SSSR count). The van der Waals surface area contributed by atoms with Crippen molar-refractivity contribution in [3.05, 3.63) is 53.8 Å². The molecule has 0 aromatic heterocycles. The third kappa shape index (κ3) is 3.90. The van der Waals surface area contributed by atoms with Crippen molar-refractivity contribution in [1.29, 1.82) is 0 Å². The van der Waals surface area contributed by atoms with Crippen LogP contribution >= 0.6 is 0 Å². The number of carbonyl (C=O) groups is 1. The van der Waals surface area contributed by atoms with E-state index >= 15 is 0 Å². The van der Waals surface area contributed by atoms with Gasteiger partial charge in [-0.3, -0.25) is 4.79 Å². The maximum absolute atomic E-state index is 13.4. The van der Waals surface area contributed by atoms with Gasteiger partial charge in [-0.2, -0.15) is 0 Å². The maximum atomic E-state index is 13.4. The van der Waals surface area contributed by atoms with Crippen LogP contribution in [0, 0.1) is 5.82 Å². The van der Waals surface area contributed by atoms with Gasteiger partial charge >= 0.3 is 0 Å². The fraction of sp³-hybridized carbons (Fsp3) is 0.278. The number of hydrogen-bond donors (Lipinski definition) is 3. The summed E-state index contributed by atoms with van der Waals surface area (Å²) in [6, 6.07) is 10.5. The van der Waals surface area contributed by atoms with Crippen LogP contribution in [0.3, 0.4) is 0 Å². The number of phenols is 1. The Bertz CT molecular complexity index is 730. The third-order valence-corrected chi connectivity index (χ3v) is 3.89. The maximum Gasteiger partial charge on any atom is 0.251 e. The summed E-state index contributed by atoms with van der Waals surface area (Å²) in [5.41, 5.74) is 1.37. The minimum atomic E-state index is -0.445. The third-order valence-electron chi connectivity index (χ3n) is 3.89. The molecule has 0 bridgehead atoms. The molecule has 24 heavy (non-hydrogen) atoms. The molecule has 0 spiro atoms. The Labute approximate surface area is 139 Å². The second-order valence-electron chi connectivity index (χ2n) is 5.65. The number of rotatable bonds is 4. The van der Waals surface area contributed by atoms with Gasteiger partial charge in [0.15, 0.2) is 0 Å². The normalized spacial score (nSPS) is 17.5. The fourth-order valence-corrected chi connectivity index (χ4v) is 2.63. The zero-order chi connectivity index (χ0) is 16.9. The smallest absolute Gasteiger partial charge is 0.251 e. The molecule has 0 saturated carbocycles. The zero-order valence-corrected chi connectivity index (χ0v) is 13.1. The van der Waals surface area contributed by atoms with E-state index in [4.69, 9.17) is 4.74 Å². The van der Waals surface area contributed by atoms with Crippen LogP contribution in [0.15, 0.2) is 42.5 Å². The molecule has 1 atom stereocenters. The van der Waals surface area contributed by atoms with Gasteiger partial charge in [-0.05, 0) is 35.9 Å². The predicted octanol–water partition coefficient (Wildman–Crippen LogP) is 1.92. The lowest BCUT2D eigenvalue weighted by Crippen LogP contribution is -2.45. The van der Waals surface area contributed by atoms with Crippen LogP contribution in [0.5, 0.6) is 5.75 Å². The van der Waals surface area contributed by atoms with Crippen molar-refractivity contribution >= 4 is 5.91 Å². The highest BCUT2D eigenvalue weighted by Crippen LogP contribution is 2.30. The van der Waals surface area contributed by atoms with Crippen LogP contribution < -0.4 is 10.6 Å². The van der Waals surface area contributed by atoms with E-state index in [0.29, 0.717) is 36.4 Å². The van der Waals surface area contributed by atoms with Crippen LogP contribution in [0.4, 0.5) is 4.39 Å². The molecule has 0 radical (unpaired) electrons. The molecule has 1 saturated heterocycles. The van der Waals surface area contributed by atoms with E-state index < -0.39 is 5.82 Å². The van der Waals surface area contributed by atoms with E-state index in [0.717, 1.165) is 6.54 Å². The number of aromatic hydroxyl groups is 1. The predicted molar refractivity (Wildman–Crippen MR) is 88.4 cm³/mol. The number of morpholine rings is 1. The van der Waals surface area contributed by atoms with Crippen LogP contribution in [-0.2, 0) is 4.74 Å². The number of hydrogen-bond acceptors (Lipinski definition) is 4. The van der Waals surface area contributed by atoms with Crippen LogP contribution in [0.1, 0.15) is 10.4 Å². The van der Waals surface area contributed by atoms with Gasteiger partial charge in [-0.15, -0.1) is 0 Å². The fourth-order valence-electron chi connectivity index (χ4n) is 2.63. The summed E-state index contributed by atoms with van der Waals surface area (Å²) in [5.74, 6) is -0.711. The second kappa shape index (κ2) is 7.42. The monoisotopic (exact) mass is 330 g/mol. The number of carbonyl (C=O) groups excluding carboxylic acids is 1. The number of nitrogens with one attached hydrogen (secondary N) is 2. The lowest BCUT2D eigenvalue weighted by molar-refractivity contribution is 0.0287. The largest absolute Gasteiger partial charge is 0.507 e. The highest BCUT2D eigenvalue weighted by Gasteiger charge is 2.15. The van der Waals surface area contributed by atoms with Crippen LogP contribution in [-0.4, -0.2) is 43.4 Å². The molecule has 1 aliphatic rings. The summed E-state index contributed by atoms with van der Waals surface area (Å²) in [5, 5.41) is 15.9. The Balaban J connectivity index is 1.72. The van der Waals surface area contributed by atoms with Crippen LogP contribution in [0.2, 0.25) is 0 Å². The van der Waals surface area contributed by atoms with E-state index in [1.807, 2.05) is 0 Å². The summed E-state index contributed by atoms with van der Waals surface area (Å²) in [6.45, 7) is 2.58. The quantitative estimate of drug-likeness (QED) is 0.801. The van der Waals surface area contributed by atoms with Gasteiger partial charge in [0.05, 0.1) is 12.7 Å². The van der Waals surface area contributed by atoms with Crippen molar-refractivity contribution in [3.63, 3.8) is 0 Å². The van der Waals surface area contributed by atoms with Gasteiger partial charge in [0, 0.05) is 30.8 Å². The highest BCUT2D eigenvalue weighted by molar-refractivity contribution is 5.95. The van der Waals surface area contributed by atoms with Crippen molar-refractivity contribution in [2.75, 3.05) is 26.2 Å². The molecule has 2 aromatic carbocycles. The van der Waals surface area contributed by atoms with E-state index in [-0.39, 0.29) is 17.8 Å². The average molecular weight is 330 g/mol. The molecule has 0 aliphatic carbocycles. The van der Waals surface area contributed by atoms with Crippen molar-refractivity contribution in [2.24, 2.45) is 0 Å². The molecule has 1 heterocycles. The van der Waals surface area contributed by atoms with E-state index in [9.17, 15) is 14.3 Å². The van der Waals surface area contributed by atoms with Gasteiger partial charge in [0.25, 0.3) is 5.91 Å². The number of amides is 1. The van der Waals surface area contributed by atoms with Gasteiger partial charge in [-0.1, -0.05) is 12.1 Å². The lowest BCUT2D eigenvalue weighted by Gasteiger charge is -2.23. The molecule has 5 nitrogen and oxygen atoms in total. The van der Waals surface area contributed by atoms with E-state index in [1.165, 1.54) is 18.2 Å². The first-order chi connectivity index (χ1) is 11.6. The number of ether oxygens (including phenoxy) is 1. The summed E-state index contributed by atoms with van der Waals surface area (Å²) in [6.07, 6.45) is -0.0434. The van der Waals surface area contributed by atoms with Gasteiger partial charge in [0.1, 0.15) is 11.6 Å². The first-order valence-corrected chi connectivity index (χ1v) is 7.83. The average Bonchev–Trinajstić information content (AvgIpc) is 2.62. The molecule has 1 aliphatic heterocycles. The van der Waals surface area contributed by atoms with Gasteiger partial charge in [0.2, 0.25) is 0 Å². The van der Waals surface area contributed by atoms with E-state index in [2.05, 4.69) is 10.6 Å². The van der Waals surface area contributed by atoms with Gasteiger partial charge < -0.3 is 20.5 Å². The SMILES string of the molecule is O=C(NC[C@H]1CNCCO1)c1cccc(-c2cc(F)ccc2O)c1. The Morgan fingerprint density at radius 2 is 2.21 bits per heavy atom. The molecule has 3 N–H and O–H groups in total. The Hall–Kier alpha value is -2.44. The molecule has 1 amide bonds. The summed E-state index contributed by atoms with van der Waals surface area (Å²) >= 11 is 0. The number of phenolic OH excluding ortho intramolecular Hbond substituents is 1. The minimum absolute atomic E-state index is 0.0318. The molecular formula is C18H19FN2O3. The second-order valence-corrected chi connectivity index (χ2v) is 5.65. The Morgan fingerprint density at radius 1 is 1.33 bits per heavy atom. The Morgan fingerprint density at radius 3 is 3.00 bits per heavy atom. The Kier molecular flexibility index (Phi) is 5.08. The minimum Gasteiger partial charge on any atom is -0.507 e. The highest BCUT2D eigenvalue weighted by atomic mass is 19.1. The van der Waals surface area contributed by atoms with E-state index in [1.54, 1.807) is 24.3 Å². The topological polar surface area (TPSA) is 70.6 Å². The number of benzene rings is 2. The number of halogens is 1. The summed E-state index contributed by atoms with van der Waals surface area (Å²) < 4.78 is 18.9. The van der Waals surface area contributed by atoms with Crippen molar-refractivity contribution in [3.8, 4) is 16.9 Å². The molecule has 126 valence electrons. The zero-order valence-electron chi connectivity index (χ0n) is 13.1.